The summed E-state index contributed by atoms with van der Waals surface area (Å²) in [6.07, 6.45) is 0. The van der Waals surface area contributed by atoms with Crippen molar-refractivity contribution in [1.29, 1.82) is 0 Å². The van der Waals surface area contributed by atoms with Gasteiger partial charge in [0.1, 0.15) is 10.0 Å². The van der Waals surface area contributed by atoms with Gasteiger partial charge in [-0.3, -0.25) is 9.69 Å². The van der Waals surface area contributed by atoms with Crippen molar-refractivity contribution in [1.82, 2.24) is 14.2 Å². The molecule has 0 radical (unpaired) electrons. The van der Waals surface area contributed by atoms with Gasteiger partial charge in [0.15, 0.2) is 0 Å². The smallest absolute Gasteiger partial charge is 0.333 e. The van der Waals surface area contributed by atoms with Crippen LogP contribution in [-0.2, 0) is 14.8 Å². The molecule has 1 saturated heterocycles. The van der Waals surface area contributed by atoms with Crippen molar-refractivity contribution in [3.8, 4) is 11.6 Å². The number of hydrogen-bond acceptors (Lipinski definition) is 9. The number of anilines is 2. The average Bonchev–Trinajstić information content (AvgIpc) is 3.46. The summed E-state index contributed by atoms with van der Waals surface area (Å²) in [4.78, 5) is 27.4. The number of nitrogens with zero attached hydrogens (tertiary/aromatic N) is 2. The van der Waals surface area contributed by atoms with E-state index in [4.69, 9.17) is 4.74 Å². The number of carbonyl (C=O) groups is 1. The third kappa shape index (κ3) is 6.09. The van der Waals surface area contributed by atoms with Crippen molar-refractivity contribution in [3.63, 3.8) is 0 Å². The summed E-state index contributed by atoms with van der Waals surface area (Å²) in [6, 6.07) is 11.6. The number of urea groups is 1. The largest absolute Gasteiger partial charge is 0.494 e. The molecule has 0 saturated carbocycles. The van der Waals surface area contributed by atoms with E-state index in [2.05, 4.69) is 15.5 Å². The molecule has 3 heterocycles. The van der Waals surface area contributed by atoms with Gasteiger partial charge in [-0.1, -0.05) is 6.07 Å². The second-order valence-corrected chi connectivity index (χ2v) is 11.8. The van der Waals surface area contributed by atoms with Crippen molar-refractivity contribution < 1.29 is 27.4 Å². The SMILES string of the molecule is O=C(Nc1ccc(-n2c(O)c3ccc(NCCN4CCOCC4)cc3cc2=O)c(F)c1)NS(=O)(=O)c1cccs1. The summed E-state index contributed by atoms with van der Waals surface area (Å²) >= 11 is 0.937. The number of carbonyl (C=O) groups excluding carboxylic acids is 1. The molecule has 0 unspecified atom stereocenters. The minimum absolute atomic E-state index is 0.0498. The Bertz CT molecular complexity index is 1700. The molecule has 40 heavy (non-hydrogen) atoms. The molecule has 0 spiro atoms. The van der Waals surface area contributed by atoms with Gasteiger partial charge >= 0.3 is 6.03 Å². The average molecular weight is 588 g/mol. The third-order valence-corrected chi connectivity index (χ3v) is 9.03. The van der Waals surface area contributed by atoms with Gasteiger partial charge in [-0.25, -0.2) is 26.9 Å². The number of hydrogen-bond donors (Lipinski definition) is 4. The number of pyridine rings is 1. The van der Waals surface area contributed by atoms with Gasteiger partial charge in [0.2, 0.25) is 5.88 Å². The number of aromatic hydroxyl groups is 1. The number of sulfonamides is 1. The Morgan fingerprint density at radius 1 is 1.07 bits per heavy atom. The number of fused-ring (bicyclic) bond motifs is 1. The number of rotatable bonds is 8. The van der Waals surface area contributed by atoms with Crippen LogP contribution in [0.3, 0.4) is 0 Å². The summed E-state index contributed by atoms with van der Waals surface area (Å²) in [5.41, 5.74) is -0.177. The second kappa shape index (κ2) is 11.6. The number of aromatic nitrogens is 1. The molecule has 11 nitrogen and oxygen atoms in total. The van der Waals surface area contributed by atoms with Crippen LogP contribution in [0.2, 0.25) is 0 Å². The van der Waals surface area contributed by atoms with E-state index in [1.54, 1.807) is 23.6 Å². The maximum absolute atomic E-state index is 15.1. The predicted molar refractivity (Wildman–Crippen MR) is 151 cm³/mol. The molecule has 4 N–H and O–H groups in total. The zero-order chi connectivity index (χ0) is 28.3. The first-order chi connectivity index (χ1) is 19.2. The van der Waals surface area contributed by atoms with E-state index < -0.39 is 33.3 Å². The first-order valence-corrected chi connectivity index (χ1v) is 14.7. The number of morpholine rings is 1. The van der Waals surface area contributed by atoms with E-state index in [0.29, 0.717) is 17.3 Å². The lowest BCUT2D eigenvalue weighted by atomic mass is 10.1. The summed E-state index contributed by atoms with van der Waals surface area (Å²) in [5, 5.41) is 18.8. The van der Waals surface area contributed by atoms with Crippen LogP contribution in [0.4, 0.5) is 20.6 Å². The molecular formula is C26H26FN5O6S2. The van der Waals surface area contributed by atoms with E-state index >= 15 is 4.39 Å². The molecule has 0 bridgehead atoms. The predicted octanol–water partition coefficient (Wildman–Crippen LogP) is 3.15. The molecule has 2 aromatic heterocycles. The Morgan fingerprint density at radius 3 is 2.58 bits per heavy atom. The zero-order valence-electron chi connectivity index (χ0n) is 21.1. The number of nitrogens with one attached hydrogen (secondary N) is 3. The summed E-state index contributed by atoms with van der Waals surface area (Å²) < 4.78 is 47.5. The number of ether oxygens (including phenoxy) is 1. The van der Waals surface area contributed by atoms with Crippen LogP contribution in [0.5, 0.6) is 5.88 Å². The molecule has 0 atom stereocenters. The molecule has 14 heteroatoms. The minimum Gasteiger partial charge on any atom is -0.494 e. The topological polar surface area (TPSA) is 142 Å². The highest BCUT2D eigenvalue weighted by Crippen LogP contribution is 2.29. The second-order valence-electron chi connectivity index (χ2n) is 8.98. The standard InChI is InChI=1S/C26H26FN5O6S2/c27-21-16-19(29-26(35)30-40(36,37)24-2-1-13-39-24)4-6-22(21)32-23(33)15-17-14-18(3-5-20(17)25(32)34)28-7-8-31-9-11-38-12-10-31/h1-6,13-16,28,34H,7-12H2,(H2,29,30,35). The van der Waals surface area contributed by atoms with E-state index in [1.165, 1.54) is 30.3 Å². The van der Waals surface area contributed by atoms with Gasteiger partial charge in [-0.15, -0.1) is 11.3 Å². The quantitative estimate of drug-likeness (QED) is 0.246. The van der Waals surface area contributed by atoms with Crippen LogP contribution < -0.4 is 20.9 Å². The first kappa shape index (κ1) is 27.6. The molecule has 4 aromatic rings. The van der Waals surface area contributed by atoms with Crippen molar-refractivity contribution in [3.05, 3.63) is 76.1 Å². The van der Waals surface area contributed by atoms with Gasteiger partial charge < -0.3 is 20.5 Å². The fourth-order valence-corrected chi connectivity index (χ4v) is 6.25. The van der Waals surface area contributed by atoms with Gasteiger partial charge in [-0.2, -0.15) is 0 Å². The normalized spacial score (nSPS) is 14.2. The lowest BCUT2D eigenvalue weighted by Crippen LogP contribution is -2.38. The number of amides is 2. The lowest BCUT2D eigenvalue weighted by molar-refractivity contribution is 0.0398. The van der Waals surface area contributed by atoms with E-state index in [1.807, 2.05) is 4.72 Å². The van der Waals surface area contributed by atoms with Crippen LogP contribution in [0.15, 0.2) is 69.0 Å². The van der Waals surface area contributed by atoms with Crippen LogP contribution in [0, 0.1) is 5.82 Å². The van der Waals surface area contributed by atoms with Crippen LogP contribution >= 0.6 is 11.3 Å². The third-order valence-electron chi connectivity index (χ3n) is 6.30. The highest BCUT2D eigenvalue weighted by molar-refractivity contribution is 7.92. The van der Waals surface area contributed by atoms with Gasteiger partial charge in [0.25, 0.3) is 15.6 Å². The van der Waals surface area contributed by atoms with Gasteiger partial charge in [-0.05, 0) is 53.2 Å². The molecule has 1 fully saturated rings. The molecule has 0 aliphatic carbocycles. The lowest BCUT2D eigenvalue weighted by Gasteiger charge is -2.26. The van der Waals surface area contributed by atoms with Crippen LogP contribution in [0.1, 0.15) is 0 Å². The monoisotopic (exact) mass is 587 g/mol. The number of benzene rings is 2. The van der Waals surface area contributed by atoms with E-state index in [-0.39, 0.29) is 15.6 Å². The Labute approximate surface area is 232 Å². The van der Waals surface area contributed by atoms with Crippen LogP contribution in [0.25, 0.3) is 16.5 Å². The summed E-state index contributed by atoms with van der Waals surface area (Å²) in [5.74, 6) is -1.36. The molecule has 210 valence electrons. The van der Waals surface area contributed by atoms with Crippen molar-refractivity contribution in [2.75, 3.05) is 50.0 Å². The maximum atomic E-state index is 15.1. The Hall–Kier alpha value is -3.98. The van der Waals surface area contributed by atoms with E-state index in [9.17, 15) is 23.1 Å². The van der Waals surface area contributed by atoms with Crippen molar-refractivity contribution >= 4 is 49.5 Å². The summed E-state index contributed by atoms with van der Waals surface area (Å²) in [7, 11) is -4.07. The molecule has 1 aliphatic heterocycles. The van der Waals surface area contributed by atoms with Gasteiger partial charge in [0.05, 0.1) is 18.9 Å². The molecule has 1 aliphatic rings. The molecular weight excluding hydrogens is 561 g/mol. The highest BCUT2D eigenvalue weighted by atomic mass is 32.2. The Balaban J connectivity index is 1.31. The zero-order valence-corrected chi connectivity index (χ0v) is 22.7. The fraction of sp³-hybridized carbons (Fsp3) is 0.231. The molecule has 2 aromatic carbocycles. The number of thiophene rings is 1. The highest BCUT2D eigenvalue weighted by Gasteiger charge is 2.20. The van der Waals surface area contributed by atoms with Crippen molar-refractivity contribution in [2.45, 2.75) is 4.21 Å². The molecule has 5 rings (SSSR count). The Kier molecular flexibility index (Phi) is 8.02. The summed E-state index contributed by atoms with van der Waals surface area (Å²) in [6.45, 7) is 4.73. The van der Waals surface area contributed by atoms with E-state index in [0.717, 1.165) is 60.5 Å². The first-order valence-electron chi connectivity index (χ1n) is 12.3. The fourth-order valence-electron chi connectivity index (χ4n) is 4.35. The van der Waals surface area contributed by atoms with Crippen LogP contribution in [-0.4, -0.2) is 68.4 Å². The van der Waals surface area contributed by atoms with Gasteiger partial charge in [0, 0.05) is 49.0 Å². The number of halogens is 1. The minimum atomic E-state index is -4.07. The Morgan fingerprint density at radius 2 is 1.85 bits per heavy atom. The maximum Gasteiger partial charge on any atom is 0.333 e. The molecule has 2 amide bonds. The van der Waals surface area contributed by atoms with Crippen molar-refractivity contribution in [2.24, 2.45) is 0 Å².